The zero-order valence-corrected chi connectivity index (χ0v) is 13.0. The van der Waals surface area contributed by atoms with Gasteiger partial charge in [-0.25, -0.2) is 0 Å². The lowest BCUT2D eigenvalue weighted by Gasteiger charge is -2.31. The summed E-state index contributed by atoms with van der Waals surface area (Å²) in [6.07, 6.45) is 0.799. The normalized spacial score (nSPS) is 14.3. The van der Waals surface area contributed by atoms with Gasteiger partial charge in [0.25, 0.3) is 5.91 Å². The lowest BCUT2D eigenvalue weighted by molar-refractivity contribution is 0.0898. The summed E-state index contributed by atoms with van der Waals surface area (Å²) in [5.74, 6) is 0.185. The first-order chi connectivity index (χ1) is 8.79. The number of amides is 1. The van der Waals surface area contributed by atoms with E-state index in [1.54, 1.807) is 18.2 Å². The average Bonchev–Trinajstić information content (AvgIpc) is 2.31. The molecule has 1 aromatic carbocycles. The SMILES string of the molecule is CC(C)CC(C)(CN)NC(=O)c1cccc(Cl)c1Cl. The highest BCUT2D eigenvalue weighted by atomic mass is 35.5. The van der Waals surface area contributed by atoms with E-state index in [2.05, 4.69) is 19.2 Å². The molecule has 1 rings (SSSR count). The van der Waals surface area contributed by atoms with Crippen molar-refractivity contribution in [2.75, 3.05) is 6.54 Å². The second-order valence-corrected chi connectivity index (χ2v) is 6.20. The van der Waals surface area contributed by atoms with E-state index in [4.69, 9.17) is 28.9 Å². The summed E-state index contributed by atoms with van der Waals surface area (Å²) < 4.78 is 0. The van der Waals surface area contributed by atoms with Crippen LogP contribution in [0.15, 0.2) is 18.2 Å². The number of rotatable bonds is 5. The number of hydrogen-bond acceptors (Lipinski definition) is 2. The first kappa shape index (κ1) is 16.3. The molecule has 19 heavy (non-hydrogen) atoms. The molecule has 0 fully saturated rings. The molecule has 1 unspecified atom stereocenters. The smallest absolute Gasteiger partial charge is 0.253 e. The molecule has 0 saturated carbocycles. The molecular weight excluding hydrogens is 283 g/mol. The maximum Gasteiger partial charge on any atom is 0.253 e. The summed E-state index contributed by atoms with van der Waals surface area (Å²) in [5, 5.41) is 3.59. The molecule has 0 aromatic heterocycles. The lowest BCUT2D eigenvalue weighted by atomic mass is 9.90. The molecule has 1 aromatic rings. The summed E-state index contributed by atoms with van der Waals surface area (Å²) in [6, 6.07) is 5.00. The van der Waals surface area contributed by atoms with Crippen molar-refractivity contribution in [3.05, 3.63) is 33.8 Å². The van der Waals surface area contributed by atoms with Gasteiger partial charge in [-0.05, 0) is 31.4 Å². The Morgan fingerprint density at radius 3 is 2.58 bits per heavy atom. The number of carbonyl (C=O) groups excluding carboxylic acids is 1. The molecule has 0 bridgehead atoms. The number of nitrogens with two attached hydrogens (primary N) is 1. The largest absolute Gasteiger partial charge is 0.346 e. The predicted molar refractivity (Wildman–Crippen MR) is 80.8 cm³/mol. The molecule has 0 spiro atoms. The number of hydrogen-bond donors (Lipinski definition) is 2. The highest BCUT2D eigenvalue weighted by Gasteiger charge is 2.27. The quantitative estimate of drug-likeness (QED) is 0.875. The summed E-state index contributed by atoms with van der Waals surface area (Å²) >= 11 is 12.0. The number of nitrogens with one attached hydrogen (secondary N) is 1. The van der Waals surface area contributed by atoms with Gasteiger partial charge in [-0.1, -0.05) is 43.1 Å². The van der Waals surface area contributed by atoms with Gasteiger partial charge in [-0.15, -0.1) is 0 Å². The van der Waals surface area contributed by atoms with Gasteiger partial charge >= 0.3 is 0 Å². The Kier molecular flexibility index (Phi) is 5.65. The van der Waals surface area contributed by atoms with Crippen LogP contribution >= 0.6 is 23.2 Å². The minimum Gasteiger partial charge on any atom is -0.346 e. The van der Waals surface area contributed by atoms with E-state index in [0.717, 1.165) is 6.42 Å². The van der Waals surface area contributed by atoms with Crippen molar-refractivity contribution in [1.82, 2.24) is 5.32 Å². The Morgan fingerprint density at radius 2 is 2.05 bits per heavy atom. The monoisotopic (exact) mass is 302 g/mol. The fourth-order valence-corrected chi connectivity index (χ4v) is 2.49. The second-order valence-electron chi connectivity index (χ2n) is 5.42. The third-order valence-corrected chi connectivity index (χ3v) is 3.74. The van der Waals surface area contributed by atoms with Crippen LogP contribution in [-0.2, 0) is 0 Å². The summed E-state index contributed by atoms with van der Waals surface area (Å²) in [4.78, 5) is 12.3. The summed E-state index contributed by atoms with van der Waals surface area (Å²) in [7, 11) is 0. The number of halogens is 2. The van der Waals surface area contributed by atoms with Crippen molar-refractivity contribution in [3.8, 4) is 0 Å². The van der Waals surface area contributed by atoms with Crippen LogP contribution in [0.3, 0.4) is 0 Å². The van der Waals surface area contributed by atoms with Crippen LogP contribution in [0.4, 0.5) is 0 Å². The topological polar surface area (TPSA) is 55.1 Å². The van der Waals surface area contributed by atoms with Gasteiger partial charge in [0.05, 0.1) is 15.6 Å². The number of benzene rings is 1. The highest BCUT2D eigenvalue weighted by Crippen LogP contribution is 2.26. The fraction of sp³-hybridized carbons (Fsp3) is 0.500. The Labute approximate surface area is 124 Å². The van der Waals surface area contributed by atoms with Gasteiger partial charge in [0, 0.05) is 12.1 Å². The first-order valence-electron chi connectivity index (χ1n) is 6.25. The Hall–Kier alpha value is -0.770. The molecule has 106 valence electrons. The number of carbonyl (C=O) groups is 1. The standard InChI is InChI=1S/C14H20Cl2N2O/c1-9(2)7-14(3,8-17)18-13(19)10-5-4-6-11(15)12(10)16/h4-6,9H,7-8,17H2,1-3H3,(H,18,19). The molecule has 0 aliphatic rings. The van der Waals surface area contributed by atoms with E-state index in [0.29, 0.717) is 23.0 Å². The fourth-order valence-electron chi connectivity index (χ4n) is 2.11. The van der Waals surface area contributed by atoms with Crippen LogP contribution in [0.25, 0.3) is 0 Å². The molecule has 0 saturated heterocycles. The van der Waals surface area contributed by atoms with Gasteiger partial charge in [-0.3, -0.25) is 4.79 Å². The Bertz CT molecular complexity index is 463. The minimum absolute atomic E-state index is 0.249. The van der Waals surface area contributed by atoms with Gasteiger partial charge in [-0.2, -0.15) is 0 Å². The van der Waals surface area contributed by atoms with Crippen molar-refractivity contribution in [3.63, 3.8) is 0 Å². The van der Waals surface area contributed by atoms with Crippen LogP contribution in [0, 0.1) is 5.92 Å². The van der Waals surface area contributed by atoms with Crippen molar-refractivity contribution in [2.45, 2.75) is 32.7 Å². The van der Waals surface area contributed by atoms with E-state index >= 15 is 0 Å². The van der Waals surface area contributed by atoms with E-state index in [9.17, 15) is 4.79 Å². The molecule has 0 radical (unpaired) electrons. The molecule has 3 nitrogen and oxygen atoms in total. The van der Waals surface area contributed by atoms with Crippen LogP contribution in [-0.4, -0.2) is 18.0 Å². The van der Waals surface area contributed by atoms with E-state index in [1.165, 1.54) is 0 Å². The maximum absolute atomic E-state index is 12.3. The van der Waals surface area contributed by atoms with E-state index in [-0.39, 0.29) is 10.9 Å². The molecule has 0 aliphatic heterocycles. The van der Waals surface area contributed by atoms with E-state index < -0.39 is 5.54 Å². The van der Waals surface area contributed by atoms with Crippen LogP contribution in [0.1, 0.15) is 37.6 Å². The maximum atomic E-state index is 12.3. The lowest BCUT2D eigenvalue weighted by Crippen LogP contribution is -2.52. The van der Waals surface area contributed by atoms with Crippen molar-refractivity contribution >= 4 is 29.1 Å². The third-order valence-electron chi connectivity index (χ3n) is 2.92. The van der Waals surface area contributed by atoms with Gasteiger partial charge in [0.15, 0.2) is 0 Å². The zero-order chi connectivity index (χ0) is 14.6. The summed E-state index contributed by atoms with van der Waals surface area (Å²) in [6.45, 7) is 6.48. The molecule has 0 aliphatic carbocycles. The average molecular weight is 303 g/mol. The van der Waals surface area contributed by atoms with Gasteiger partial charge < -0.3 is 11.1 Å². The predicted octanol–water partition coefficient (Wildman–Crippen LogP) is 3.49. The van der Waals surface area contributed by atoms with Crippen molar-refractivity contribution < 1.29 is 4.79 Å². The van der Waals surface area contributed by atoms with Crippen LogP contribution in [0.5, 0.6) is 0 Å². The zero-order valence-electron chi connectivity index (χ0n) is 11.5. The van der Waals surface area contributed by atoms with Gasteiger partial charge in [0.1, 0.15) is 0 Å². The second kappa shape index (κ2) is 6.60. The molecular formula is C14H20Cl2N2O. The summed E-state index contributed by atoms with van der Waals surface area (Å²) in [5.41, 5.74) is 5.70. The highest BCUT2D eigenvalue weighted by molar-refractivity contribution is 6.43. The Balaban J connectivity index is 2.92. The molecule has 1 amide bonds. The molecule has 0 heterocycles. The molecule has 3 N–H and O–H groups in total. The molecule has 5 heteroatoms. The van der Waals surface area contributed by atoms with E-state index in [1.807, 2.05) is 6.92 Å². The third kappa shape index (κ3) is 4.37. The Morgan fingerprint density at radius 1 is 1.42 bits per heavy atom. The minimum atomic E-state index is -0.448. The first-order valence-corrected chi connectivity index (χ1v) is 7.01. The van der Waals surface area contributed by atoms with Crippen LogP contribution in [0.2, 0.25) is 10.0 Å². The van der Waals surface area contributed by atoms with Crippen LogP contribution < -0.4 is 11.1 Å². The van der Waals surface area contributed by atoms with Crippen molar-refractivity contribution in [1.29, 1.82) is 0 Å². The van der Waals surface area contributed by atoms with Crippen molar-refractivity contribution in [2.24, 2.45) is 11.7 Å². The molecule has 1 atom stereocenters. The van der Waals surface area contributed by atoms with Gasteiger partial charge in [0.2, 0.25) is 0 Å².